The van der Waals surface area contributed by atoms with E-state index in [2.05, 4.69) is 19.2 Å². The Bertz CT molecular complexity index is 640. The van der Waals surface area contributed by atoms with E-state index < -0.39 is 11.7 Å². The lowest BCUT2D eigenvalue weighted by atomic mass is 10.0. The predicted octanol–water partition coefficient (Wildman–Crippen LogP) is 4.85. The number of halogens is 2. The van der Waals surface area contributed by atoms with Crippen LogP contribution < -0.4 is 5.32 Å². The Morgan fingerprint density at radius 3 is 2.60 bits per heavy atom. The van der Waals surface area contributed by atoms with E-state index in [1.54, 1.807) is 6.07 Å². The molecule has 0 aliphatic rings. The van der Waals surface area contributed by atoms with E-state index in [1.165, 1.54) is 12.1 Å². The third-order valence-electron chi connectivity index (χ3n) is 2.99. The van der Waals surface area contributed by atoms with Crippen LogP contribution in [-0.2, 0) is 0 Å². The lowest BCUT2D eigenvalue weighted by Gasteiger charge is -2.10. The Balaban J connectivity index is 2.21. The fraction of sp³-hybridized carbons (Fsp3) is 0.188. The van der Waals surface area contributed by atoms with Crippen LogP contribution >= 0.6 is 11.6 Å². The molecule has 20 heavy (non-hydrogen) atoms. The van der Waals surface area contributed by atoms with Crippen LogP contribution in [0.15, 0.2) is 42.5 Å². The van der Waals surface area contributed by atoms with E-state index >= 15 is 0 Å². The molecule has 2 rings (SSSR count). The van der Waals surface area contributed by atoms with Crippen LogP contribution in [-0.4, -0.2) is 5.91 Å². The van der Waals surface area contributed by atoms with Gasteiger partial charge in [-0.3, -0.25) is 4.79 Å². The van der Waals surface area contributed by atoms with Gasteiger partial charge < -0.3 is 5.32 Å². The van der Waals surface area contributed by atoms with Crippen LogP contribution in [0.25, 0.3) is 0 Å². The molecule has 0 aromatic heterocycles. The SMILES string of the molecule is CC(C)c1cccc(NC(=O)c2ccc(Cl)cc2F)c1. The molecule has 1 amide bonds. The Hall–Kier alpha value is -1.87. The maximum atomic E-state index is 13.7. The lowest BCUT2D eigenvalue weighted by molar-refractivity contribution is 0.102. The molecule has 1 N–H and O–H groups in total. The molecule has 0 aliphatic heterocycles. The van der Waals surface area contributed by atoms with E-state index in [9.17, 15) is 9.18 Å². The molecule has 4 heteroatoms. The smallest absolute Gasteiger partial charge is 0.258 e. The molecule has 0 fully saturated rings. The number of hydrogen-bond acceptors (Lipinski definition) is 1. The van der Waals surface area contributed by atoms with Gasteiger partial charge in [0.2, 0.25) is 0 Å². The molecule has 0 heterocycles. The third kappa shape index (κ3) is 3.36. The van der Waals surface area contributed by atoms with Gasteiger partial charge in [-0.1, -0.05) is 37.6 Å². The second kappa shape index (κ2) is 6.06. The molecule has 0 saturated heterocycles. The molecule has 2 aromatic carbocycles. The lowest BCUT2D eigenvalue weighted by Crippen LogP contribution is -2.13. The molecule has 0 radical (unpaired) electrons. The topological polar surface area (TPSA) is 29.1 Å². The Morgan fingerprint density at radius 1 is 1.20 bits per heavy atom. The summed E-state index contributed by atoms with van der Waals surface area (Å²) in [4.78, 5) is 12.0. The van der Waals surface area contributed by atoms with Crippen molar-refractivity contribution in [3.63, 3.8) is 0 Å². The summed E-state index contributed by atoms with van der Waals surface area (Å²) in [5, 5.41) is 2.96. The van der Waals surface area contributed by atoms with Crippen molar-refractivity contribution in [2.24, 2.45) is 0 Å². The molecule has 0 atom stereocenters. The first-order chi connectivity index (χ1) is 9.47. The number of anilines is 1. The minimum Gasteiger partial charge on any atom is -0.322 e. The van der Waals surface area contributed by atoms with E-state index in [1.807, 2.05) is 18.2 Å². The second-order valence-corrected chi connectivity index (χ2v) is 5.29. The molecule has 104 valence electrons. The zero-order valence-corrected chi connectivity index (χ0v) is 12.0. The minimum atomic E-state index is -0.630. The van der Waals surface area contributed by atoms with Gasteiger partial charge in [-0.05, 0) is 41.8 Å². The molecule has 0 spiro atoms. The number of hydrogen-bond donors (Lipinski definition) is 1. The van der Waals surface area contributed by atoms with E-state index in [-0.39, 0.29) is 10.6 Å². The molecule has 0 unspecified atom stereocenters. The van der Waals surface area contributed by atoms with Crippen molar-refractivity contribution in [3.8, 4) is 0 Å². The van der Waals surface area contributed by atoms with Gasteiger partial charge in [0.1, 0.15) is 5.82 Å². The van der Waals surface area contributed by atoms with Crippen LogP contribution in [0.3, 0.4) is 0 Å². The standard InChI is InChI=1S/C16H15ClFNO/c1-10(2)11-4-3-5-13(8-11)19-16(20)14-7-6-12(17)9-15(14)18/h3-10H,1-2H3,(H,19,20). The molecular formula is C16H15ClFNO. The summed E-state index contributed by atoms with van der Waals surface area (Å²) >= 11 is 5.67. The van der Waals surface area contributed by atoms with E-state index in [4.69, 9.17) is 11.6 Å². The highest BCUT2D eigenvalue weighted by atomic mass is 35.5. The maximum absolute atomic E-state index is 13.7. The predicted molar refractivity (Wildman–Crippen MR) is 79.9 cm³/mol. The van der Waals surface area contributed by atoms with Crippen molar-refractivity contribution in [2.45, 2.75) is 19.8 Å². The summed E-state index contributed by atoms with van der Waals surface area (Å²) in [5.41, 5.74) is 1.74. The summed E-state index contributed by atoms with van der Waals surface area (Å²) in [6.45, 7) is 4.14. The van der Waals surface area contributed by atoms with E-state index in [0.717, 1.165) is 11.6 Å². The van der Waals surface area contributed by atoms with Gasteiger partial charge in [-0.25, -0.2) is 4.39 Å². The average Bonchev–Trinajstić information content (AvgIpc) is 2.38. The highest BCUT2D eigenvalue weighted by molar-refractivity contribution is 6.30. The first kappa shape index (κ1) is 14.5. The number of amides is 1. The number of nitrogens with one attached hydrogen (secondary N) is 1. The molecule has 0 bridgehead atoms. The van der Waals surface area contributed by atoms with Crippen molar-refractivity contribution in [1.82, 2.24) is 0 Å². The number of rotatable bonds is 3. The molecule has 0 saturated carbocycles. The Kier molecular flexibility index (Phi) is 4.40. The third-order valence-corrected chi connectivity index (χ3v) is 3.22. The van der Waals surface area contributed by atoms with Crippen LogP contribution in [0.5, 0.6) is 0 Å². The minimum absolute atomic E-state index is 0.0237. The number of carbonyl (C=O) groups excluding carboxylic acids is 1. The van der Waals surface area contributed by atoms with Gasteiger partial charge in [0, 0.05) is 10.7 Å². The fourth-order valence-corrected chi connectivity index (χ4v) is 2.01. The average molecular weight is 292 g/mol. The van der Waals surface area contributed by atoms with Crippen molar-refractivity contribution in [1.29, 1.82) is 0 Å². The molecule has 2 nitrogen and oxygen atoms in total. The van der Waals surface area contributed by atoms with Crippen LogP contribution in [0.4, 0.5) is 10.1 Å². The highest BCUT2D eigenvalue weighted by Gasteiger charge is 2.12. The van der Waals surface area contributed by atoms with Gasteiger partial charge >= 0.3 is 0 Å². The first-order valence-electron chi connectivity index (χ1n) is 6.33. The quantitative estimate of drug-likeness (QED) is 0.860. The first-order valence-corrected chi connectivity index (χ1v) is 6.71. The van der Waals surface area contributed by atoms with Gasteiger partial charge in [-0.15, -0.1) is 0 Å². The summed E-state index contributed by atoms with van der Waals surface area (Å²) in [6.07, 6.45) is 0. The number of carbonyl (C=O) groups is 1. The normalized spacial score (nSPS) is 10.7. The molecular weight excluding hydrogens is 277 g/mol. The van der Waals surface area contributed by atoms with Crippen molar-refractivity contribution in [3.05, 3.63) is 64.4 Å². The van der Waals surface area contributed by atoms with Crippen LogP contribution in [0, 0.1) is 5.82 Å². The van der Waals surface area contributed by atoms with Gasteiger partial charge in [-0.2, -0.15) is 0 Å². The fourth-order valence-electron chi connectivity index (χ4n) is 1.85. The van der Waals surface area contributed by atoms with E-state index in [0.29, 0.717) is 11.6 Å². The largest absolute Gasteiger partial charge is 0.322 e. The Labute approximate surface area is 122 Å². The summed E-state index contributed by atoms with van der Waals surface area (Å²) < 4.78 is 13.7. The molecule has 2 aromatic rings. The van der Waals surface area contributed by atoms with Crippen LogP contribution in [0.2, 0.25) is 5.02 Å². The number of benzene rings is 2. The second-order valence-electron chi connectivity index (χ2n) is 4.86. The van der Waals surface area contributed by atoms with Crippen molar-refractivity contribution in [2.75, 3.05) is 5.32 Å². The summed E-state index contributed by atoms with van der Waals surface area (Å²) in [7, 11) is 0. The molecule has 0 aliphatic carbocycles. The Morgan fingerprint density at radius 2 is 1.95 bits per heavy atom. The monoisotopic (exact) mass is 291 g/mol. The van der Waals surface area contributed by atoms with Gasteiger partial charge in [0.15, 0.2) is 0 Å². The van der Waals surface area contributed by atoms with Gasteiger partial charge in [0.25, 0.3) is 5.91 Å². The zero-order chi connectivity index (χ0) is 14.7. The zero-order valence-electron chi connectivity index (χ0n) is 11.3. The van der Waals surface area contributed by atoms with Gasteiger partial charge in [0.05, 0.1) is 5.56 Å². The summed E-state index contributed by atoms with van der Waals surface area (Å²) in [6, 6.07) is 11.5. The van der Waals surface area contributed by atoms with Crippen molar-refractivity contribution >= 4 is 23.2 Å². The highest BCUT2D eigenvalue weighted by Crippen LogP contribution is 2.20. The maximum Gasteiger partial charge on any atom is 0.258 e. The summed E-state index contributed by atoms with van der Waals surface area (Å²) in [5.74, 6) is -0.755. The van der Waals surface area contributed by atoms with Crippen LogP contribution in [0.1, 0.15) is 35.7 Å². The van der Waals surface area contributed by atoms with Crippen molar-refractivity contribution < 1.29 is 9.18 Å².